The molecule has 6 nitrogen and oxygen atoms in total. The first kappa shape index (κ1) is 15.5. The maximum atomic E-state index is 12.4. The zero-order valence-corrected chi connectivity index (χ0v) is 13.4. The number of aryl methyl sites for hydroxylation is 2. The highest BCUT2D eigenvalue weighted by atomic mass is 32.2. The summed E-state index contributed by atoms with van der Waals surface area (Å²) >= 11 is 0. The van der Waals surface area contributed by atoms with Crippen LogP contribution < -0.4 is 10.0 Å². The predicted molar refractivity (Wildman–Crippen MR) is 78.1 cm³/mol. The molecule has 114 valence electrons. The Bertz CT molecular complexity index is 579. The van der Waals surface area contributed by atoms with E-state index in [1.807, 2.05) is 0 Å². The van der Waals surface area contributed by atoms with E-state index >= 15 is 0 Å². The Balaban J connectivity index is 2.11. The van der Waals surface area contributed by atoms with Gasteiger partial charge in [-0.1, -0.05) is 6.92 Å². The summed E-state index contributed by atoms with van der Waals surface area (Å²) in [5.74, 6) is 0.488. The van der Waals surface area contributed by atoms with E-state index in [1.54, 1.807) is 25.6 Å². The van der Waals surface area contributed by atoms with E-state index in [2.05, 4.69) is 22.1 Å². The number of nitrogens with one attached hydrogen (secondary N) is 2. The summed E-state index contributed by atoms with van der Waals surface area (Å²) in [7, 11) is -1.74. The van der Waals surface area contributed by atoms with Crippen LogP contribution in [0.3, 0.4) is 0 Å². The Kier molecular flexibility index (Phi) is 4.51. The van der Waals surface area contributed by atoms with Crippen LogP contribution in [0.2, 0.25) is 0 Å². The molecule has 0 amide bonds. The molecule has 0 saturated carbocycles. The summed E-state index contributed by atoms with van der Waals surface area (Å²) in [5, 5.41) is 7.55. The van der Waals surface area contributed by atoms with Crippen LogP contribution in [0.1, 0.15) is 31.2 Å². The fraction of sp³-hybridized carbons (Fsp3) is 0.769. The summed E-state index contributed by atoms with van der Waals surface area (Å²) in [5.41, 5.74) is 1.21. The van der Waals surface area contributed by atoms with Gasteiger partial charge in [-0.3, -0.25) is 4.68 Å². The van der Waals surface area contributed by atoms with Crippen LogP contribution in [0.15, 0.2) is 4.90 Å². The number of sulfonamides is 1. The zero-order valence-electron chi connectivity index (χ0n) is 12.6. The second-order valence-corrected chi connectivity index (χ2v) is 7.36. The van der Waals surface area contributed by atoms with Crippen molar-refractivity contribution in [1.29, 1.82) is 0 Å². The Hall–Kier alpha value is -0.920. The molecule has 1 saturated heterocycles. The SMILES string of the molecule is Cc1nn(C)c(C)c1S(=O)(=O)NCC1NCCCC1C. The molecule has 0 aromatic carbocycles. The summed E-state index contributed by atoms with van der Waals surface area (Å²) < 4.78 is 29.2. The Morgan fingerprint density at radius 1 is 1.45 bits per heavy atom. The summed E-state index contributed by atoms with van der Waals surface area (Å²) in [6.45, 7) is 7.05. The summed E-state index contributed by atoms with van der Waals surface area (Å²) in [6.07, 6.45) is 2.30. The van der Waals surface area contributed by atoms with Crippen molar-refractivity contribution in [3.05, 3.63) is 11.4 Å². The fourth-order valence-corrected chi connectivity index (χ4v) is 4.30. The number of rotatable bonds is 4. The molecule has 20 heavy (non-hydrogen) atoms. The van der Waals surface area contributed by atoms with Crippen LogP contribution in [-0.4, -0.2) is 37.3 Å². The van der Waals surface area contributed by atoms with Gasteiger partial charge in [-0.15, -0.1) is 0 Å². The zero-order chi connectivity index (χ0) is 14.9. The number of aromatic nitrogens is 2. The molecule has 0 bridgehead atoms. The van der Waals surface area contributed by atoms with Crippen molar-refractivity contribution in [3.8, 4) is 0 Å². The van der Waals surface area contributed by atoms with E-state index in [1.165, 1.54) is 0 Å². The van der Waals surface area contributed by atoms with Gasteiger partial charge >= 0.3 is 0 Å². The average molecular weight is 300 g/mol. The molecule has 1 aromatic rings. The molecule has 1 aliphatic heterocycles. The minimum Gasteiger partial charge on any atom is -0.312 e. The van der Waals surface area contributed by atoms with Crippen LogP contribution in [0.4, 0.5) is 0 Å². The van der Waals surface area contributed by atoms with Crippen LogP contribution in [0.5, 0.6) is 0 Å². The predicted octanol–water partition coefficient (Wildman–Crippen LogP) is 0.703. The number of hydrogen-bond donors (Lipinski definition) is 2. The van der Waals surface area contributed by atoms with E-state index < -0.39 is 10.0 Å². The van der Waals surface area contributed by atoms with E-state index in [9.17, 15) is 8.42 Å². The van der Waals surface area contributed by atoms with Crippen molar-refractivity contribution in [2.45, 2.75) is 44.6 Å². The van der Waals surface area contributed by atoms with Crippen molar-refractivity contribution in [3.63, 3.8) is 0 Å². The van der Waals surface area contributed by atoms with Crippen LogP contribution >= 0.6 is 0 Å². The number of hydrogen-bond acceptors (Lipinski definition) is 4. The highest BCUT2D eigenvalue weighted by Gasteiger charge is 2.27. The van der Waals surface area contributed by atoms with Crippen LogP contribution in [0, 0.1) is 19.8 Å². The van der Waals surface area contributed by atoms with Gasteiger partial charge < -0.3 is 5.32 Å². The summed E-state index contributed by atoms with van der Waals surface area (Å²) in [4.78, 5) is 0.309. The molecule has 2 N–H and O–H groups in total. The fourth-order valence-electron chi connectivity index (χ4n) is 2.80. The maximum Gasteiger partial charge on any atom is 0.244 e. The van der Waals surface area contributed by atoms with Gasteiger partial charge in [0.05, 0.1) is 11.4 Å². The van der Waals surface area contributed by atoms with Crippen molar-refractivity contribution in [1.82, 2.24) is 19.8 Å². The van der Waals surface area contributed by atoms with Gasteiger partial charge in [-0.05, 0) is 39.2 Å². The van der Waals surface area contributed by atoms with E-state index in [4.69, 9.17) is 0 Å². The lowest BCUT2D eigenvalue weighted by Crippen LogP contribution is -2.47. The van der Waals surface area contributed by atoms with Crippen molar-refractivity contribution in [2.24, 2.45) is 13.0 Å². The molecule has 2 unspecified atom stereocenters. The molecule has 7 heteroatoms. The Labute approximate surface area is 121 Å². The van der Waals surface area contributed by atoms with E-state index in [0.717, 1.165) is 19.4 Å². The van der Waals surface area contributed by atoms with Crippen molar-refractivity contribution < 1.29 is 8.42 Å². The average Bonchev–Trinajstić information content (AvgIpc) is 2.62. The molecular weight excluding hydrogens is 276 g/mol. The van der Waals surface area contributed by atoms with Crippen molar-refractivity contribution >= 4 is 10.0 Å². The van der Waals surface area contributed by atoms with Gasteiger partial charge in [0.1, 0.15) is 4.90 Å². The van der Waals surface area contributed by atoms with Crippen LogP contribution in [-0.2, 0) is 17.1 Å². The van der Waals surface area contributed by atoms with Gasteiger partial charge in [-0.25, -0.2) is 13.1 Å². The Morgan fingerprint density at radius 3 is 2.70 bits per heavy atom. The molecular formula is C13H24N4O2S. The van der Waals surface area contributed by atoms with Crippen molar-refractivity contribution in [2.75, 3.05) is 13.1 Å². The molecule has 1 fully saturated rings. The van der Waals surface area contributed by atoms with Gasteiger partial charge in [0.2, 0.25) is 10.0 Å². The minimum atomic E-state index is -3.50. The molecule has 0 spiro atoms. The lowest BCUT2D eigenvalue weighted by Gasteiger charge is -2.30. The maximum absolute atomic E-state index is 12.4. The monoisotopic (exact) mass is 300 g/mol. The molecule has 0 aliphatic carbocycles. The highest BCUT2D eigenvalue weighted by Crippen LogP contribution is 2.19. The second kappa shape index (κ2) is 5.83. The molecule has 1 aromatic heterocycles. The van der Waals surface area contributed by atoms with Gasteiger partial charge in [0.25, 0.3) is 0 Å². The molecule has 1 aliphatic rings. The normalized spacial score (nSPS) is 24.0. The van der Waals surface area contributed by atoms with Gasteiger partial charge in [0, 0.05) is 19.6 Å². The molecule has 0 radical (unpaired) electrons. The Morgan fingerprint density at radius 2 is 2.15 bits per heavy atom. The smallest absolute Gasteiger partial charge is 0.244 e. The number of piperidine rings is 1. The first-order valence-electron chi connectivity index (χ1n) is 7.06. The van der Waals surface area contributed by atoms with E-state index in [-0.39, 0.29) is 6.04 Å². The third-order valence-corrected chi connectivity index (χ3v) is 5.81. The standard InChI is InChI=1S/C13H24N4O2S/c1-9-6-5-7-14-12(9)8-15-20(18,19)13-10(2)16-17(4)11(13)3/h9,12,14-15H,5-8H2,1-4H3. The minimum absolute atomic E-state index is 0.204. The lowest BCUT2D eigenvalue weighted by molar-refractivity contribution is 0.300. The third-order valence-electron chi connectivity index (χ3n) is 4.13. The quantitative estimate of drug-likeness (QED) is 0.858. The first-order valence-corrected chi connectivity index (χ1v) is 8.54. The molecule has 2 atom stereocenters. The lowest BCUT2D eigenvalue weighted by atomic mass is 9.93. The first-order chi connectivity index (χ1) is 9.33. The number of nitrogens with zero attached hydrogens (tertiary/aromatic N) is 2. The second-order valence-electron chi connectivity index (χ2n) is 5.66. The van der Waals surface area contributed by atoms with Gasteiger partial charge in [0.15, 0.2) is 0 Å². The topological polar surface area (TPSA) is 76.0 Å². The summed E-state index contributed by atoms with van der Waals surface area (Å²) in [6, 6.07) is 0.204. The largest absolute Gasteiger partial charge is 0.312 e. The van der Waals surface area contributed by atoms with Gasteiger partial charge in [-0.2, -0.15) is 5.10 Å². The molecule has 2 heterocycles. The van der Waals surface area contributed by atoms with E-state index in [0.29, 0.717) is 28.7 Å². The third kappa shape index (κ3) is 3.05. The highest BCUT2D eigenvalue weighted by molar-refractivity contribution is 7.89. The van der Waals surface area contributed by atoms with Crippen LogP contribution in [0.25, 0.3) is 0 Å². The molecule has 2 rings (SSSR count).